The van der Waals surface area contributed by atoms with Gasteiger partial charge in [0, 0.05) is 5.02 Å². The normalized spacial score (nSPS) is 10.6. The Labute approximate surface area is 129 Å². The number of carbonyl (C=O) groups is 1. The van der Waals surface area contributed by atoms with E-state index in [0.717, 1.165) is 6.21 Å². The molecule has 0 saturated heterocycles. The second-order valence-electron chi connectivity index (χ2n) is 3.97. The van der Waals surface area contributed by atoms with E-state index in [1.165, 1.54) is 12.1 Å². The molecular formula is C13H10ClN3O5. The van der Waals surface area contributed by atoms with E-state index >= 15 is 0 Å². The quantitative estimate of drug-likeness (QED) is 0.499. The summed E-state index contributed by atoms with van der Waals surface area (Å²) in [4.78, 5) is 21.2. The second-order valence-corrected chi connectivity index (χ2v) is 4.41. The molecule has 22 heavy (non-hydrogen) atoms. The van der Waals surface area contributed by atoms with Crippen molar-refractivity contribution < 1.29 is 18.9 Å². The standard InChI is InChI=1S/C13H10ClN3O5/c14-9-2-1-3-10(6-9)21-8-12(18)16-15-7-11-4-5-13(22-11)17(19)20/h1-7H,8H2,(H,16,18)/b15-7+. The van der Waals surface area contributed by atoms with Gasteiger partial charge in [0.05, 0.1) is 12.3 Å². The van der Waals surface area contributed by atoms with E-state index in [0.29, 0.717) is 10.8 Å². The molecular weight excluding hydrogens is 314 g/mol. The molecule has 0 bridgehead atoms. The number of nitrogens with zero attached hydrogens (tertiary/aromatic N) is 2. The average molecular weight is 324 g/mol. The number of nitrogens with one attached hydrogen (secondary N) is 1. The Hall–Kier alpha value is -2.87. The van der Waals surface area contributed by atoms with E-state index in [1.54, 1.807) is 24.3 Å². The molecule has 2 rings (SSSR count). The maximum absolute atomic E-state index is 11.5. The van der Waals surface area contributed by atoms with Gasteiger partial charge >= 0.3 is 5.88 Å². The molecule has 1 amide bonds. The van der Waals surface area contributed by atoms with Gasteiger partial charge in [-0.2, -0.15) is 5.10 Å². The van der Waals surface area contributed by atoms with Crippen LogP contribution < -0.4 is 10.2 Å². The molecule has 0 aliphatic carbocycles. The minimum absolute atomic E-state index is 0.141. The summed E-state index contributed by atoms with van der Waals surface area (Å²) in [7, 11) is 0. The summed E-state index contributed by atoms with van der Waals surface area (Å²) >= 11 is 5.77. The number of hydrogen-bond donors (Lipinski definition) is 1. The van der Waals surface area contributed by atoms with Crippen LogP contribution in [-0.2, 0) is 4.79 Å². The van der Waals surface area contributed by atoms with Crippen molar-refractivity contribution in [2.75, 3.05) is 6.61 Å². The Bertz CT molecular complexity index is 713. The van der Waals surface area contributed by atoms with Gasteiger partial charge in [-0.1, -0.05) is 17.7 Å². The van der Waals surface area contributed by atoms with Crippen molar-refractivity contribution in [3.8, 4) is 5.75 Å². The smallest absolute Gasteiger partial charge is 0.433 e. The van der Waals surface area contributed by atoms with E-state index in [2.05, 4.69) is 10.5 Å². The van der Waals surface area contributed by atoms with Crippen molar-refractivity contribution >= 4 is 29.6 Å². The van der Waals surface area contributed by atoms with E-state index in [4.69, 9.17) is 20.8 Å². The van der Waals surface area contributed by atoms with E-state index in [1.807, 2.05) is 0 Å². The first-order chi connectivity index (χ1) is 10.5. The first-order valence-corrected chi connectivity index (χ1v) is 6.37. The zero-order valence-corrected chi connectivity index (χ0v) is 11.8. The summed E-state index contributed by atoms with van der Waals surface area (Å²) in [5.74, 6) is -0.314. The molecule has 0 radical (unpaired) electrons. The summed E-state index contributed by atoms with van der Waals surface area (Å²) in [5, 5.41) is 14.5. The van der Waals surface area contributed by atoms with Gasteiger partial charge in [0.2, 0.25) is 0 Å². The number of amides is 1. The third-order valence-electron chi connectivity index (χ3n) is 2.34. The molecule has 0 fully saturated rings. The first kappa shape index (κ1) is 15.5. The number of nitro groups is 1. The molecule has 9 heteroatoms. The first-order valence-electron chi connectivity index (χ1n) is 5.99. The number of rotatable bonds is 6. The van der Waals surface area contributed by atoms with Crippen LogP contribution in [0.1, 0.15) is 5.76 Å². The van der Waals surface area contributed by atoms with Gasteiger partial charge in [0.1, 0.15) is 10.7 Å². The minimum Gasteiger partial charge on any atom is -0.484 e. The minimum atomic E-state index is -0.672. The van der Waals surface area contributed by atoms with E-state index < -0.39 is 16.7 Å². The van der Waals surface area contributed by atoms with Crippen LogP contribution in [0.4, 0.5) is 5.88 Å². The van der Waals surface area contributed by atoms with Crippen LogP contribution in [0.5, 0.6) is 5.75 Å². The zero-order chi connectivity index (χ0) is 15.9. The molecule has 8 nitrogen and oxygen atoms in total. The highest BCUT2D eigenvalue weighted by atomic mass is 35.5. The van der Waals surface area contributed by atoms with Crippen LogP contribution in [0.3, 0.4) is 0 Å². The van der Waals surface area contributed by atoms with E-state index in [-0.39, 0.29) is 12.4 Å². The predicted octanol–water partition coefficient (Wildman–Crippen LogP) is 2.37. The fraction of sp³-hybridized carbons (Fsp3) is 0.0769. The molecule has 0 saturated carbocycles. The Morgan fingerprint density at radius 1 is 1.45 bits per heavy atom. The molecule has 1 heterocycles. The Balaban J connectivity index is 1.79. The van der Waals surface area contributed by atoms with Crippen LogP contribution in [-0.4, -0.2) is 23.7 Å². The third-order valence-corrected chi connectivity index (χ3v) is 2.57. The maximum atomic E-state index is 11.5. The van der Waals surface area contributed by atoms with Gasteiger partial charge in [0.25, 0.3) is 5.91 Å². The van der Waals surface area contributed by atoms with Gasteiger partial charge in [-0.3, -0.25) is 14.9 Å². The van der Waals surface area contributed by atoms with E-state index in [9.17, 15) is 14.9 Å². The van der Waals surface area contributed by atoms with Crippen LogP contribution in [0, 0.1) is 10.1 Å². The van der Waals surface area contributed by atoms with Crippen molar-refractivity contribution in [2.24, 2.45) is 5.10 Å². The van der Waals surface area contributed by atoms with Crippen molar-refractivity contribution in [3.63, 3.8) is 0 Å². The maximum Gasteiger partial charge on any atom is 0.433 e. The molecule has 0 aliphatic heterocycles. The monoisotopic (exact) mass is 323 g/mol. The van der Waals surface area contributed by atoms with Crippen LogP contribution >= 0.6 is 11.6 Å². The van der Waals surface area contributed by atoms with Crippen molar-refractivity contribution in [3.05, 3.63) is 57.3 Å². The lowest BCUT2D eigenvalue weighted by Crippen LogP contribution is -2.24. The van der Waals surface area contributed by atoms with Crippen molar-refractivity contribution in [1.82, 2.24) is 5.43 Å². The Morgan fingerprint density at radius 3 is 2.95 bits per heavy atom. The number of ether oxygens (including phenoxy) is 1. The summed E-state index contributed by atoms with van der Waals surface area (Å²) < 4.78 is 10.0. The van der Waals surface area contributed by atoms with Crippen LogP contribution in [0.15, 0.2) is 45.9 Å². The zero-order valence-electron chi connectivity index (χ0n) is 11.1. The third kappa shape index (κ3) is 4.60. The summed E-state index contributed by atoms with van der Waals surface area (Å²) in [6.07, 6.45) is 1.14. The largest absolute Gasteiger partial charge is 0.484 e. The SMILES string of the molecule is O=C(COc1cccc(Cl)c1)N/N=C/c1ccc([N+](=O)[O-])o1. The number of carbonyl (C=O) groups excluding carboxylic acids is 1. The second kappa shape index (κ2) is 7.23. The lowest BCUT2D eigenvalue weighted by atomic mass is 10.3. The van der Waals surface area contributed by atoms with Crippen LogP contribution in [0.25, 0.3) is 0 Å². The number of furan rings is 1. The lowest BCUT2D eigenvalue weighted by molar-refractivity contribution is -0.402. The highest BCUT2D eigenvalue weighted by Crippen LogP contribution is 2.16. The molecule has 2 aromatic rings. The number of benzene rings is 1. The molecule has 1 aromatic carbocycles. The molecule has 0 aliphatic rings. The van der Waals surface area contributed by atoms with Gasteiger partial charge in [-0.25, -0.2) is 5.43 Å². The molecule has 114 valence electrons. The van der Waals surface area contributed by atoms with Crippen molar-refractivity contribution in [2.45, 2.75) is 0 Å². The molecule has 0 atom stereocenters. The Morgan fingerprint density at radius 2 is 2.27 bits per heavy atom. The molecule has 1 aromatic heterocycles. The highest BCUT2D eigenvalue weighted by Gasteiger charge is 2.10. The summed E-state index contributed by atoms with van der Waals surface area (Å²) in [5.41, 5.74) is 2.20. The average Bonchev–Trinajstić information content (AvgIpc) is 2.94. The van der Waals surface area contributed by atoms with Gasteiger partial charge in [0.15, 0.2) is 12.4 Å². The topological polar surface area (TPSA) is 107 Å². The van der Waals surface area contributed by atoms with Gasteiger partial charge in [-0.05, 0) is 24.3 Å². The highest BCUT2D eigenvalue weighted by molar-refractivity contribution is 6.30. The fourth-order valence-corrected chi connectivity index (χ4v) is 1.60. The van der Waals surface area contributed by atoms with Crippen molar-refractivity contribution in [1.29, 1.82) is 0 Å². The molecule has 0 spiro atoms. The Kier molecular flexibility index (Phi) is 5.10. The number of hydrazone groups is 1. The summed E-state index contributed by atoms with van der Waals surface area (Å²) in [6, 6.07) is 9.14. The molecule has 1 N–H and O–H groups in total. The lowest BCUT2D eigenvalue weighted by Gasteiger charge is -2.04. The number of halogens is 1. The summed E-state index contributed by atoms with van der Waals surface area (Å²) in [6.45, 7) is -0.254. The molecule has 0 unspecified atom stereocenters. The number of hydrogen-bond acceptors (Lipinski definition) is 6. The fourth-order valence-electron chi connectivity index (χ4n) is 1.42. The van der Waals surface area contributed by atoms with Gasteiger partial charge < -0.3 is 9.15 Å². The van der Waals surface area contributed by atoms with Gasteiger partial charge in [-0.15, -0.1) is 0 Å². The van der Waals surface area contributed by atoms with Crippen LogP contribution in [0.2, 0.25) is 5.02 Å². The predicted molar refractivity (Wildman–Crippen MR) is 78.0 cm³/mol.